The number of aliphatic carboxylic acids is 1. The minimum atomic E-state index is -0.915. The second-order valence-electron chi connectivity index (χ2n) is 5.03. The van der Waals surface area contributed by atoms with Crippen molar-refractivity contribution in [3.05, 3.63) is 35.6 Å². The van der Waals surface area contributed by atoms with Crippen LogP contribution in [0.4, 0.5) is 4.39 Å². The van der Waals surface area contributed by atoms with Gasteiger partial charge in [-0.25, -0.2) is 4.39 Å². The first kappa shape index (κ1) is 14.9. The molecule has 20 heavy (non-hydrogen) atoms. The molecule has 2 rings (SSSR count). The summed E-state index contributed by atoms with van der Waals surface area (Å²) in [4.78, 5) is 13.4. The topological polar surface area (TPSA) is 49.8 Å². The highest BCUT2D eigenvalue weighted by atomic mass is 19.1. The van der Waals surface area contributed by atoms with Crippen LogP contribution in [-0.2, 0) is 15.1 Å². The quantitative estimate of drug-likeness (QED) is 0.899. The third-order valence-electron chi connectivity index (χ3n) is 4.02. The first-order valence-electron chi connectivity index (χ1n) is 6.90. The summed E-state index contributed by atoms with van der Waals surface area (Å²) in [5.41, 5.74) is -0.340. The van der Waals surface area contributed by atoms with E-state index in [1.165, 1.54) is 6.07 Å². The highest BCUT2D eigenvalue weighted by Gasteiger charge is 2.41. The van der Waals surface area contributed by atoms with E-state index in [-0.39, 0.29) is 12.2 Å². The monoisotopic (exact) mass is 281 g/mol. The molecule has 110 valence electrons. The number of carboxylic acid groups (broad SMARTS) is 1. The summed E-state index contributed by atoms with van der Waals surface area (Å²) < 4.78 is 19.6. The molecule has 1 heterocycles. The van der Waals surface area contributed by atoms with Crippen LogP contribution in [0, 0.1) is 5.82 Å². The molecule has 0 bridgehead atoms. The largest absolute Gasteiger partial charge is 0.481 e. The van der Waals surface area contributed by atoms with Gasteiger partial charge in [0.05, 0.1) is 25.2 Å². The maximum Gasteiger partial charge on any atom is 0.305 e. The summed E-state index contributed by atoms with van der Waals surface area (Å²) in [6.45, 7) is 4.25. The highest BCUT2D eigenvalue weighted by molar-refractivity contribution is 5.69. The fourth-order valence-electron chi connectivity index (χ4n) is 3.00. The van der Waals surface area contributed by atoms with Crippen LogP contribution in [0.25, 0.3) is 0 Å². The van der Waals surface area contributed by atoms with E-state index in [0.29, 0.717) is 38.3 Å². The third kappa shape index (κ3) is 2.83. The number of hydrogen-bond acceptors (Lipinski definition) is 3. The normalized spacial score (nSPS) is 19.5. The fraction of sp³-hybridized carbons (Fsp3) is 0.533. The number of halogens is 1. The van der Waals surface area contributed by atoms with E-state index < -0.39 is 11.5 Å². The Morgan fingerprint density at radius 1 is 1.40 bits per heavy atom. The van der Waals surface area contributed by atoms with Gasteiger partial charge in [-0.05, 0) is 12.5 Å². The minimum Gasteiger partial charge on any atom is -0.481 e. The Balaban J connectivity index is 2.46. The molecule has 1 fully saturated rings. The molecule has 0 saturated carbocycles. The molecule has 0 aromatic heterocycles. The van der Waals surface area contributed by atoms with Gasteiger partial charge >= 0.3 is 5.97 Å². The highest BCUT2D eigenvalue weighted by Crippen LogP contribution is 2.37. The van der Waals surface area contributed by atoms with Gasteiger partial charge < -0.3 is 9.84 Å². The van der Waals surface area contributed by atoms with Crippen molar-refractivity contribution in [2.24, 2.45) is 0 Å². The first-order chi connectivity index (χ1) is 9.60. The maximum absolute atomic E-state index is 14.2. The summed E-state index contributed by atoms with van der Waals surface area (Å²) in [6, 6.07) is 6.46. The van der Waals surface area contributed by atoms with E-state index >= 15 is 0 Å². The maximum atomic E-state index is 14.2. The SMILES string of the molecule is CCC(CC(=O)O)(c1ccccc1F)N1CCOCC1. The number of morpholine rings is 1. The molecule has 1 aliphatic rings. The van der Waals surface area contributed by atoms with Gasteiger partial charge in [-0.15, -0.1) is 0 Å². The lowest BCUT2D eigenvalue weighted by Gasteiger charge is -2.45. The molecule has 1 saturated heterocycles. The van der Waals surface area contributed by atoms with Gasteiger partial charge in [-0.3, -0.25) is 9.69 Å². The van der Waals surface area contributed by atoms with Crippen LogP contribution in [0.3, 0.4) is 0 Å². The Hall–Kier alpha value is -1.46. The molecule has 5 heteroatoms. The summed E-state index contributed by atoms with van der Waals surface area (Å²) in [5, 5.41) is 9.28. The number of carbonyl (C=O) groups is 1. The molecule has 1 atom stereocenters. The molecule has 0 radical (unpaired) electrons. The lowest BCUT2D eigenvalue weighted by atomic mass is 9.81. The molecule has 1 aromatic rings. The van der Waals surface area contributed by atoms with Crippen molar-refractivity contribution in [2.75, 3.05) is 26.3 Å². The van der Waals surface area contributed by atoms with E-state index in [0.717, 1.165) is 0 Å². The lowest BCUT2D eigenvalue weighted by molar-refractivity contribution is -0.142. The summed E-state index contributed by atoms with van der Waals surface area (Å²) in [6.07, 6.45) is 0.435. The molecular weight excluding hydrogens is 261 g/mol. The Morgan fingerprint density at radius 3 is 2.60 bits per heavy atom. The average molecular weight is 281 g/mol. The fourth-order valence-corrected chi connectivity index (χ4v) is 3.00. The van der Waals surface area contributed by atoms with Crippen molar-refractivity contribution in [1.29, 1.82) is 0 Å². The summed E-state index contributed by atoms with van der Waals surface area (Å²) >= 11 is 0. The van der Waals surface area contributed by atoms with E-state index in [4.69, 9.17) is 4.74 Å². The third-order valence-corrected chi connectivity index (χ3v) is 4.02. The second kappa shape index (κ2) is 6.33. The smallest absolute Gasteiger partial charge is 0.305 e. The van der Waals surface area contributed by atoms with Gasteiger partial charge in [-0.1, -0.05) is 25.1 Å². The molecule has 1 unspecified atom stereocenters. The van der Waals surface area contributed by atoms with Crippen LogP contribution in [0.5, 0.6) is 0 Å². The Bertz CT molecular complexity index is 474. The molecule has 0 amide bonds. The van der Waals surface area contributed by atoms with Crippen LogP contribution < -0.4 is 0 Å². The van der Waals surface area contributed by atoms with Crippen molar-refractivity contribution in [3.63, 3.8) is 0 Å². The van der Waals surface area contributed by atoms with Gasteiger partial charge in [0.2, 0.25) is 0 Å². The number of hydrogen-bond donors (Lipinski definition) is 1. The van der Waals surface area contributed by atoms with Gasteiger partial charge in [0.25, 0.3) is 0 Å². The zero-order valence-electron chi connectivity index (χ0n) is 11.6. The molecule has 0 aliphatic carbocycles. The van der Waals surface area contributed by atoms with Gasteiger partial charge in [0, 0.05) is 18.7 Å². The first-order valence-corrected chi connectivity index (χ1v) is 6.90. The lowest BCUT2D eigenvalue weighted by Crippen LogP contribution is -2.52. The molecule has 1 aromatic carbocycles. The van der Waals surface area contributed by atoms with Crippen LogP contribution in [-0.4, -0.2) is 42.3 Å². The standard InChI is InChI=1S/C15H20FNO3/c1-2-15(11-14(18)19,17-7-9-20-10-8-17)12-5-3-4-6-13(12)16/h3-6H,2,7-11H2,1H3,(H,18,19). The van der Waals surface area contributed by atoms with Crippen LogP contribution >= 0.6 is 0 Å². The Kier molecular flexibility index (Phi) is 4.73. The van der Waals surface area contributed by atoms with E-state index in [9.17, 15) is 14.3 Å². The minimum absolute atomic E-state index is 0.107. The van der Waals surface area contributed by atoms with E-state index in [2.05, 4.69) is 0 Å². The van der Waals surface area contributed by atoms with Crippen LogP contribution in [0.15, 0.2) is 24.3 Å². The number of benzene rings is 1. The number of rotatable bonds is 5. The van der Waals surface area contributed by atoms with Crippen molar-refractivity contribution < 1.29 is 19.0 Å². The summed E-state index contributed by atoms with van der Waals surface area (Å²) in [5.74, 6) is -1.26. The van der Waals surface area contributed by atoms with Crippen molar-refractivity contribution in [3.8, 4) is 0 Å². The average Bonchev–Trinajstić information content (AvgIpc) is 2.46. The summed E-state index contributed by atoms with van der Waals surface area (Å²) in [7, 11) is 0. The van der Waals surface area contributed by atoms with E-state index in [1.54, 1.807) is 18.2 Å². The van der Waals surface area contributed by atoms with Crippen molar-refractivity contribution >= 4 is 5.97 Å². The van der Waals surface area contributed by atoms with Crippen molar-refractivity contribution in [1.82, 2.24) is 4.90 Å². The predicted molar refractivity (Wildman–Crippen MR) is 73.0 cm³/mol. The predicted octanol–water partition coefficient (Wildman–Crippen LogP) is 2.24. The molecule has 1 aliphatic heterocycles. The number of carboxylic acids is 1. The van der Waals surface area contributed by atoms with Gasteiger partial charge in [0.15, 0.2) is 0 Å². The van der Waals surface area contributed by atoms with Crippen LogP contribution in [0.1, 0.15) is 25.3 Å². The zero-order valence-corrected chi connectivity index (χ0v) is 11.6. The molecule has 0 spiro atoms. The Morgan fingerprint density at radius 2 is 2.05 bits per heavy atom. The Labute approximate surface area is 118 Å². The second-order valence-corrected chi connectivity index (χ2v) is 5.03. The number of nitrogens with zero attached hydrogens (tertiary/aromatic N) is 1. The van der Waals surface area contributed by atoms with Crippen LogP contribution in [0.2, 0.25) is 0 Å². The van der Waals surface area contributed by atoms with E-state index in [1.807, 2.05) is 11.8 Å². The number of ether oxygens (including phenoxy) is 1. The zero-order chi connectivity index (χ0) is 14.6. The molecular formula is C15H20FNO3. The molecule has 4 nitrogen and oxygen atoms in total. The van der Waals surface area contributed by atoms with Crippen molar-refractivity contribution in [2.45, 2.75) is 25.3 Å². The van der Waals surface area contributed by atoms with Gasteiger partial charge in [0.1, 0.15) is 5.82 Å². The van der Waals surface area contributed by atoms with Gasteiger partial charge in [-0.2, -0.15) is 0 Å². The molecule has 1 N–H and O–H groups in total.